The quantitative estimate of drug-likeness (QED) is 0.324. The van der Waals surface area contributed by atoms with Crippen molar-refractivity contribution in [1.29, 1.82) is 0 Å². The first kappa shape index (κ1) is 22.0. The van der Waals surface area contributed by atoms with Crippen LogP contribution >= 0.6 is 11.6 Å². The van der Waals surface area contributed by atoms with E-state index < -0.39 is 28.7 Å². The van der Waals surface area contributed by atoms with Crippen LogP contribution in [0.5, 0.6) is 0 Å². The largest absolute Gasteiger partial charge is 0.454 e. The second kappa shape index (κ2) is 8.83. The van der Waals surface area contributed by atoms with Gasteiger partial charge in [-0.15, -0.1) is 0 Å². The van der Waals surface area contributed by atoms with Gasteiger partial charge in [-0.2, -0.15) is 0 Å². The summed E-state index contributed by atoms with van der Waals surface area (Å²) in [4.78, 5) is 46.5. The Balaban J connectivity index is 2.00. The maximum Gasteiger partial charge on any atom is 0.340 e. The van der Waals surface area contributed by atoms with Crippen molar-refractivity contribution in [3.05, 3.63) is 68.7 Å². The molecule has 29 heavy (non-hydrogen) atoms. The number of nitrogens with zero attached hydrogens (tertiary/aromatic N) is 1. The van der Waals surface area contributed by atoms with Gasteiger partial charge in [-0.05, 0) is 30.3 Å². The lowest BCUT2D eigenvalue weighted by molar-refractivity contribution is -0.384. The highest BCUT2D eigenvalue weighted by atomic mass is 35.5. The minimum Gasteiger partial charge on any atom is -0.454 e. The number of nitrogens with one attached hydrogen (secondary N) is 1. The number of ether oxygens (including phenoxy) is 1. The summed E-state index contributed by atoms with van der Waals surface area (Å²) in [6, 6.07) is 9.48. The number of Topliss-reactive ketones (excluding diaryl/α,β-unsaturated/α-hetero) is 1. The van der Waals surface area contributed by atoms with Gasteiger partial charge in [-0.3, -0.25) is 19.7 Å². The molecular formula is C20H19ClN2O6. The van der Waals surface area contributed by atoms with Gasteiger partial charge in [0, 0.05) is 28.8 Å². The summed E-state index contributed by atoms with van der Waals surface area (Å²) < 4.78 is 4.93. The summed E-state index contributed by atoms with van der Waals surface area (Å²) in [7, 11) is 0. The molecule has 0 radical (unpaired) electrons. The zero-order chi connectivity index (χ0) is 21.8. The van der Waals surface area contributed by atoms with Crippen LogP contribution in [0.1, 0.15) is 41.5 Å². The van der Waals surface area contributed by atoms with Crippen LogP contribution in [0, 0.1) is 15.5 Å². The van der Waals surface area contributed by atoms with Crippen molar-refractivity contribution in [3.8, 4) is 0 Å². The number of carbonyl (C=O) groups is 3. The van der Waals surface area contributed by atoms with E-state index in [9.17, 15) is 24.5 Å². The maximum atomic E-state index is 12.2. The van der Waals surface area contributed by atoms with E-state index in [0.717, 1.165) is 12.1 Å². The van der Waals surface area contributed by atoms with Gasteiger partial charge in [0.2, 0.25) is 5.91 Å². The summed E-state index contributed by atoms with van der Waals surface area (Å²) in [6.45, 7) is 4.78. The lowest BCUT2D eigenvalue weighted by Crippen LogP contribution is -2.27. The minimum absolute atomic E-state index is 0.0213. The van der Waals surface area contributed by atoms with E-state index in [1.54, 1.807) is 32.9 Å². The highest BCUT2D eigenvalue weighted by molar-refractivity contribution is 6.33. The number of hydrogen-bond acceptors (Lipinski definition) is 6. The van der Waals surface area contributed by atoms with Crippen LogP contribution in [-0.2, 0) is 9.53 Å². The molecule has 1 N–H and O–H groups in total. The van der Waals surface area contributed by atoms with Gasteiger partial charge in [0.05, 0.1) is 15.5 Å². The molecule has 0 aromatic heterocycles. The summed E-state index contributed by atoms with van der Waals surface area (Å²) in [5.74, 6) is -1.59. The number of hydrogen-bond donors (Lipinski definition) is 1. The fourth-order valence-electron chi connectivity index (χ4n) is 2.13. The molecule has 1 amide bonds. The van der Waals surface area contributed by atoms with Gasteiger partial charge in [-0.1, -0.05) is 32.4 Å². The molecule has 0 saturated heterocycles. The first-order chi connectivity index (χ1) is 13.5. The number of non-ortho nitro benzene ring substituents is 1. The molecular weight excluding hydrogens is 400 g/mol. The standard InChI is InChI=1S/C20H19ClN2O6/c1-20(2,3)19(26)22-13-6-4-12(5-7-13)17(24)11-29-18(25)15-10-14(23(27)28)8-9-16(15)21/h4-10H,11H2,1-3H3,(H,22,26). The van der Waals surface area contributed by atoms with Crippen LogP contribution in [0.4, 0.5) is 11.4 Å². The van der Waals surface area contributed by atoms with Crippen LogP contribution < -0.4 is 5.32 Å². The van der Waals surface area contributed by atoms with E-state index in [-0.39, 0.29) is 27.7 Å². The Morgan fingerprint density at radius 1 is 1.10 bits per heavy atom. The zero-order valence-electron chi connectivity index (χ0n) is 16.0. The molecule has 8 nitrogen and oxygen atoms in total. The molecule has 0 bridgehead atoms. The van der Waals surface area contributed by atoms with Crippen molar-refractivity contribution < 1.29 is 24.0 Å². The summed E-state index contributed by atoms with van der Waals surface area (Å²) in [6.07, 6.45) is 0. The lowest BCUT2D eigenvalue weighted by atomic mass is 9.95. The van der Waals surface area contributed by atoms with Crippen molar-refractivity contribution >= 4 is 40.6 Å². The molecule has 0 aliphatic heterocycles. The van der Waals surface area contributed by atoms with Crippen LogP contribution in [0.15, 0.2) is 42.5 Å². The third-order valence-corrected chi connectivity index (χ3v) is 4.19. The molecule has 0 heterocycles. The molecule has 0 aliphatic rings. The molecule has 0 spiro atoms. The Bertz CT molecular complexity index is 964. The van der Waals surface area contributed by atoms with E-state index in [1.807, 2.05) is 0 Å². The van der Waals surface area contributed by atoms with Gasteiger partial charge < -0.3 is 10.1 Å². The maximum absolute atomic E-state index is 12.2. The van der Waals surface area contributed by atoms with Crippen LogP contribution in [0.3, 0.4) is 0 Å². The van der Waals surface area contributed by atoms with Gasteiger partial charge >= 0.3 is 5.97 Å². The highest BCUT2D eigenvalue weighted by Gasteiger charge is 2.21. The van der Waals surface area contributed by atoms with Crippen molar-refractivity contribution in [2.24, 2.45) is 5.41 Å². The molecule has 2 aromatic rings. The number of esters is 1. The number of anilines is 1. The Morgan fingerprint density at radius 2 is 1.72 bits per heavy atom. The molecule has 152 valence electrons. The fraction of sp³-hybridized carbons (Fsp3) is 0.250. The number of amides is 1. The fourth-order valence-corrected chi connectivity index (χ4v) is 2.33. The topological polar surface area (TPSA) is 116 Å². The van der Waals surface area contributed by atoms with Crippen molar-refractivity contribution in [2.45, 2.75) is 20.8 Å². The van der Waals surface area contributed by atoms with Crippen molar-refractivity contribution in [2.75, 3.05) is 11.9 Å². The van der Waals surface area contributed by atoms with E-state index in [1.165, 1.54) is 18.2 Å². The molecule has 0 saturated carbocycles. The van der Waals surface area contributed by atoms with Crippen LogP contribution in [-0.4, -0.2) is 29.2 Å². The number of carbonyl (C=O) groups excluding carboxylic acids is 3. The molecule has 2 rings (SSSR count). The lowest BCUT2D eigenvalue weighted by Gasteiger charge is -2.17. The van der Waals surface area contributed by atoms with Crippen LogP contribution in [0.2, 0.25) is 5.02 Å². The monoisotopic (exact) mass is 418 g/mol. The Hall–Kier alpha value is -3.26. The van der Waals surface area contributed by atoms with E-state index in [2.05, 4.69) is 5.32 Å². The number of halogens is 1. The summed E-state index contributed by atoms with van der Waals surface area (Å²) in [5, 5.41) is 13.5. The van der Waals surface area contributed by atoms with E-state index in [0.29, 0.717) is 5.69 Å². The van der Waals surface area contributed by atoms with E-state index in [4.69, 9.17) is 16.3 Å². The second-order valence-corrected chi connectivity index (χ2v) is 7.61. The molecule has 9 heteroatoms. The molecule has 0 atom stereocenters. The van der Waals surface area contributed by atoms with Gasteiger partial charge in [0.1, 0.15) is 0 Å². The number of ketones is 1. The zero-order valence-corrected chi connectivity index (χ0v) is 16.8. The first-order valence-corrected chi connectivity index (χ1v) is 8.92. The third-order valence-electron chi connectivity index (χ3n) is 3.86. The summed E-state index contributed by atoms with van der Waals surface area (Å²) >= 11 is 5.88. The molecule has 0 aliphatic carbocycles. The number of rotatable bonds is 6. The highest BCUT2D eigenvalue weighted by Crippen LogP contribution is 2.23. The predicted molar refractivity (Wildman–Crippen MR) is 107 cm³/mol. The van der Waals surface area contributed by atoms with Crippen molar-refractivity contribution in [1.82, 2.24) is 0 Å². The average Bonchev–Trinajstić information content (AvgIpc) is 2.65. The van der Waals surface area contributed by atoms with Gasteiger partial charge in [0.25, 0.3) is 5.69 Å². The average molecular weight is 419 g/mol. The number of benzene rings is 2. The van der Waals surface area contributed by atoms with E-state index >= 15 is 0 Å². The van der Waals surface area contributed by atoms with Gasteiger partial charge in [0.15, 0.2) is 12.4 Å². The Morgan fingerprint density at radius 3 is 2.28 bits per heavy atom. The van der Waals surface area contributed by atoms with Crippen molar-refractivity contribution in [3.63, 3.8) is 0 Å². The smallest absolute Gasteiger partial charge is 0.340 e. The Labute approximate surface area is 172 Å². The van der Waals surface area contributed by atoms with Crippen LogP contribution in [0.25, 0.3) is 0 Å². The third kappa shape index (κ3) is 5.86. The van der Waals surface area contributed by atoms with Gasteiger partial charge in [-0.25, -0.2) is 4.79 Å². The Kier molecular flexibility index (Phi) is 6.71. The number of nitro groups is 1. The summed E-state index contributed by atoms with van der Waals surface area (Å²) in [5.41, 5.74) is -0.274. The molecule has 0 unspecified atom stereocenters. The SMILES string of the molecule is CC(C)(C)C(=O)Nc1ccc(C(=O)COC(=O)c2cc([N+](=O)[O-])ccc2Cl)cc1. The normalized spacial score (nSPS) is 10.9. The number of nitro benzene ring substituents is 1. The molecule has 0 fully saturated rings. The minimum atomic E-state index is -0.943. The molecule has 2 aromatic carbocycles. The predicted octanol–water partition coefficient (Wildman–Crippen LogP) is 4.27. The first-order valence-electron chi connectivity index (χ1n) is 8.55. The second-order valence-electron chi connectivity index (χ2n) is 7.20.